The molecule has 0 aliphatic carbocycles. The molecule has 0 spiro atoms. The van der Waals surface area contributed by atoms with Crippen LogP contribution in [-0.4, -0.2) is 19.0 Å². The average Bonchev–Trinajstić information content (AvgIpc) is 3.16. The van der Waals surface area contributed by atoms with E-state index in [-0.39, 0.29) is 17.0 Å². The van der Waals surface area contributed by atoms with Crippen LogP contribution in [0.25, 0.3) is 0 Å². The maximum absolute atomic E-state index is 14.1. The Morgan fingerprint density at radius 2 is 1.96 bits per heavy atom. The number of hydrogen-bond donors (Lipinski definition) is 2. The van der Waals surface area contributed by atoms with Crippen LogP contribution in [0.1, 0.15) is 60.6 Å². The number of anilines is 2. The summed E-state index contributed by atoms with van der Waals surface area (Å²) in [7, 11) is 0. The maximum atomic E-state index is 14.1. The molecule has 27 heavy (non-hydrogen) atoms. The lowest BCUT2D eigenvalue weighted by Gasteiger charge is -2.40. The van der Waals surface area contributed by atoms with Crippen LogP contribution in [0.3, 0.4) is 0 Å². The monoisotopic (exact) mass is 367 g/mol. The summed E-state index contributed by atoms with van der Waals surface area (Å²) < 4.78 is 14.1. The molecule has 1 amide bonds. The number of carbonyl (C=O) groups excluding carboxylic acids is 1. The first-order chi connectivity index (χ1) is 12.8. The summed E-state index contributed by atoms with van der Waals surface area (Å²) in [6.07, 6.45) is 3.28. The van der Waals surface area contributed by atoms with Crippen molar-refractivity contribution < 1.29 is 9.18 Å². The molecule has 2 aliphatic rings. The number of rotatable bonds is 3. The topological polar surface area (TPSA) is 58.4 Å². The van der Waals surface area contributed by atoms with Gasteiger partial charge < -0.3 is 16.0 Å². The Labute approximate surface area is 159 Å². The fourth-order valence-corrected chi connectivity index (χ4v) is 4.45. The standard InChI is InChI=1S/C22H26FN3O/c1-22(2)13-19(14-6-5-7-16(10-14)26-8-3-4-9-26)25-20-17(21(24)27)11-15(23)12-18(20)22/h5-7,10-12,19,25H,3-4,8-9,13H2,1-2H3,(H2,24,27). The van der Waals surface area contributed by atoms with Crippen molar-refractivity contribution in [2.45, 2.75) is 44.6 Å². The Morgan fingerprint density at radius 1 is 1.22 bits per heavy atom. The molecule has 2 aliphatic heterocycles. The fourth-order valence-electron chi connectivity index (χ4n) is 4.45. The molecule has 0 bridgehead atoms. The number of carbonyl (C=O) groups is 1. The van der Waals surface area contributed by atoms with Gasteiger partial charge in [-0.05, 0) is 60.1 Å². The lowest BCUT2D eigenvalue weighted by Crippen LogP contribution is -2.33. The Hall–Kier alpha value is -2.56. The molecular formula is C22H26FN3O. The molecule has 0 saturated carbocycles. The molecule has 2 aromatic rings. The van der Waals surface area contributed by atoms with Gasteiger partial charge in [-0.25, -0.2) is 4.39 Å². The van der Waals surface area contributed by atoms with Crippen LogP contribution in [0.15, 0.2) is 36.4 Å². The van der Waals surface area contributed by atoms with Crippen molar-refractivity contribution in [2.75, 3.05) is 23.3 Å². The van der Waals surface area contributed by atoms with Gasteiger partial charge in [-0.2, -0.15) is 0 Å². The number of fused-ring (bicyclic) bond motifs is 1. The highest BCUT2D eigenvalue weighted by molar-refractivity contribution is 5.99. The predicted octanol–water partition coefficient (Wildman–Crippen LogP) is 4.36. The van der Waals surface area contributed by atoms with Gasteiger partial charge in [0.2, 0.25) is 0 Å². The first kappa shape index (κ1) is 17.8. The summed E-state index contributed by atoms with van der Waals surface area (Å²) >= 11 is 0. The lowest BCUT2D eigenvalue weighted by atomic mass is 9.73. The number of nitrogens with two attached hydrogens (primary N) is 1. The van der Waals surface area contributed by atoms with E-state index < -0.39 is 11.7 Å². The zero-order valence-corrected chi connectivity index (χ0v) is 15.9. The largest absolute Gasteiger partial charge is 0.377 e. The zero-order chi connectivity index (χ0) is 19.2. The van der Waals surface area contributed by atoms with Crippen molar-refractivity contribution in [1.82, 2.24) is 0 Å². The highest BCUT2D eigenvalue weighted by Crippen LogP contribution is 2.46. The van der Waals surface area contributed by atoms with Crippen LogP contribution in [0.5, 0.6) is 0 Å². The van der Waals surface area contributed by atoms with Crippen molar-refractivity contribution in [3.8, 4) is 0 Å². The van der Waals surface area contributed by atoms with Crippen molar-refractivity contribution in [3.63, 3.8) is 0 Å². The Morgan fingerprint density at radius 3 is 2.67 bits per heavy atom. The SMILES string of the molecule is CC1(C)CC(c2cccc(N3CCCC3)c2)Nc2c(C(N)=O)cc(F)cc21. The summed E-state index contributed by atoms with van der Waals surface area (Å²) in [5.41, 5.74) is 9.37. The van der Waals surface area contributed by atoms with Gasteiger partial charge in [-0.1, -0.05) is 26.0 Å². The number of amides is 1. The van der Waals surface area contributed by atoms with Crippen LogP contribution < -0.4 is 16.0 Å². The number of primary amides is 1. The van der Waals surface area contributed by atoms with Gasteiger partial charge >= 0.3 is 0 Å². The zero-order valence-electron chi connectivity index (χ0n) is 15.9. The molecule has 1 saturated heterocycles. The van der Waals surface area contributed by atoms with Crippen molar-refractivity contribution >= 4 is 17.3 Å². The molecule has 0 aromatic heterocycles. The van der Waals surface area contributed by atoms with Gasteiger partial charge in [-0.15, -0.1) is 0 Å². The minimum absolute atomic E-state index is 0.0404. The smallest absolute Gasteiger partial charge is 0.250 e. The molecule has 1 fully saturated rings. The molecule has 142 valence electrons. The van der Waals surface area contributed by atoms with Crippen LogP contribution in [0, 0.1) is 5.82 Å². The number of halogens is 1. The van der Waals surface area contributed by atoms with E-state index in [1.165, 1.54) is 36.2 Å². The quantitative estimate of drug-likeness (QED) is 0.847. The molecule has 1 atom stereocenters. The number of nitrogens with one attached hydrogen (secondary N) is 1. The van der Waals surface area contributed by atoms with E-state index in [0.717, 1.165) is 25.1 Å². The van der Waals surface area contributed by atoms with E-state index in [1.807, 2.05) is 0 Å². The number of benzene rings is 2. The van der Waals surface area contributed by atoms with Crippen LogP contribution in [-0.2, 0) is 5.41 Å². The van der Waals surface area contributed by atoms with Gasteiger partial charge in [-0.3, -0.25) is 4.79 Å². The lowest BCUT2D eigenvalue weighted by molar-refractivity contribution is 0.1000. The van der Waals surface area contributed by atoms with Crippen LogP contribution in [0.2, 0.25) is 0 Å². The van der Waals surface area contributed by atoms with Gasteiger partial charge in [0, 0.05) is 18.8 Å². The van der Waals surface area contributed by atoms with Crippen molar-refractivity contribution in [2.24, 2.45) is 5.73 Å². The van der Waals surface area contributed by atoms with E-state index in [0.29, 0.717) is 5.69 Å². The third-order valence-electron chi connectivity index (χ3n) is 5.87. The van der Waals surface area contributed by atoms with Gasteiger partial charge in [0.1, 0.15) is 5.82 Å². The van der Waals surface area contributed by atoms with E-state index in [9.17, 15) is 9.18 Å². The molecule has 2 heterocycles. The van der Waals surface area contributed by atoms with E-state index >= 15 is 0 Å². The molecule has 2 aromatic carbocycles. The summed E-state index contributed by atoms with van der Waals surface area (Å²) in [6.45, 7) is 6.38. The minimum atomic E-state index is -0.611. The average molecular weight is 367 g/mol. The second-order valence-electron chi connectivity index (χ2n) is 8.31. The van der Waals surface area contributed by atoms with Crippen LogP contribution >= 0.6 is 0 Å². The predicted molar refractivity (Wildman–Crippen MR) is 107 cm³/mol. The molecule has 5 heteroatoms. The highest BCUT2D eigenvalue weighted by Gasteiger charge is 2.36. The van der Waals surface area contributed by atoms with E-state index in [1.54, 1.807) is 0 Å². The Bertz CT molecular complexity index is 887. The maximum Gasteiger partial charge on any atom is 0.250 e. The third kappa shape index (κ3) is 3.27. The summed E-state index contributed by atoms with van der Waals surface area (Å²) in [4.78, 5) is 14.3. The Kier molecular flexibility index (Phi) is 4.33. The molecule has 0 radical (unpaired) electrons. The third-order valence-corrected chi connectivity index (χ3v) is 5.87. The molecule has 4 rings (SSSR count). The fraction of sp³-hybridized carbons (Fsp3) is 0.409. The van der Waals surface area contributed by atoms with E-state index in [2.05, 4.69) is 48.3 Å². The van der Waals surface area contributed by atoms with Crippen LogP contribution in [0.4, 0.5) is 15.8 Å². The molecule has 1 unspecified atom stereocenters. The number of hydrogen-bond acceptors (Lipinski definition) is 3. The van der Waals surface area contributed by atoms with Gasteiger partial charge in [0.25, 0.3) is 5.91 Å². The van der Waals surface area contributed by atoms with Gasteiger partial charge in [0.05, 0.1) is 17.3 Å². The first-order valence-electron chi connectivity index (χ1n) is 9.60. The second-order valence-corrected chi connectivity index (χ2v) is 8.31. The molecule has 4 nitrogen and oxygen atoms in total. The van der Waals surface area contributed by atoms with Crippen molar-refractivity contribution in [1.29, 1.82) is 0 Å². The minimum Gasteiger partial charge on any atom is -0.377 e. The number of nitrogens with zero attached hydrogens (tertiary/aromatic N) is 1. The Balaban J connectivity index is 1.74. The molecular weight excluding hydrogens is 341 g/mol. The second kappa shape index (κ2) is 6.55. The van der Waals surface area contributed by atoms with Gasteiger partial charge in [0.15, 0.2) is 0 Å². The molecule has 3 N–H and O–H groups in total. The first-order valence-corrected chi connectivity index (χ1v) is 9.60. The summed E-state index contributed by atoms with van der Waals surface area (Å²) in [5.74, 6) is -1.03. The van der Waals surface area contributed by atoms with E-state index in [4.69, 9.17) is 5.73 Å². The normalized spacial score (nSPS) is 20.9. The summed E-state index contributed by atoms with van der Waals surface area (Å²) in [5, 5.41) is 3.48. The summed E-state index contributed by atoms with van der Waals surface area (Å²) in [6, 6.07) is 11.4. The highest BCUT2D eigenvalue weighted by atomic mass is 19.1. The van der Waals surface area contributed by atoms with Crippen molar-refractivity contribution in [3.05, 3.63) is 58.9 Å².